The third kappa shape index (κ3) is 3.42. The molecule has 128 valence electrons. The summed E-state index contributed by atoms with van der Waals surface area (Å²) >= 11 is 0. The Labute approximate surface area is 136 Å². The summed E-state index contributed by atoms with van der Waals surface area (Å²) in [4.78, 5) is 17.9. The molecule has 5 nitrogen and oxygen atoms in total. The molecule has 3 rings (SSSR count). The summed E-state index contributed by atoms with van der Waals surface area (Å²) in [5.74, 6) is -0.751. The molecule has 1 amide bonds. The third-order valence-electron chi connectivity index (χ3n) is 4.27. The van der Waals surface area contributed by atoms with Crippen molar-refractivity contribution in [2.75, 3.05) is 13.1 Å². The smallest absolute Gasteiger partial charge is 0.266 e. The van der Waals surface area contributed by atoms with Crippen molar-refractivity contribution in [1.29, 1.82) is 0 Å². The summed E-state index contributed by atoms with van der Waals surface area (Å²) in [5, 5.41) is 3.76. The van der Waals surface area contributed by atoms with Crippen molar-refractivity contribution >= 4 is 5.91 Å². The molecule has 2 aromatic rings. The SMILES string of the molecule is O=C(c1cccc(C(F)F)c1F)N1CCC(Cc2ncon2)CC1. The number of carbonyl (C=O) groups excluding carboxylic acids is 1. The summed E-state index contributed by atoms with van der Waals surface area (Å²) in [6.07, 6.45) is 0.423. The average Bonchev–Trinajstić information content (AvgIpc) is 3.08. The average molecular weight is 339 g/mol. The van der Waals surface area contributed by atoms with E-state index in [1.165, 1.54) is 23.4 Å². The zero-order valence-electron chi connectivity index (χ0n) is 12.8. The van der Waals surface area contributed by atoms with Gasteiger partial charge in [-0.15, -0.1) is 0 Å². The zero-order valence-corrected chi connectivity index (χ0v) is 12.8. The molecule has 0 atom stereocenters. The van der Waals surface area contributed by atoms with Crippen LogP contribution in [0.25, 0.3) is 0 Å². The second-order valence-corrected chi connectivity index (χ2v) is 5.80. The Morgan fingerprint density at radius 1 is 1.33 bits per heavy atom. The second kappa shape index (κ2) is 7.02. The molecule has 0 bridgehead atoms. The molecule has 0 unspecified atom stereocenters. The number of benzene rings is 1. The van der Waals surface area contributed by atoms with Gasteiger partial charge >= 0.3 is 0 Å². The Hall–Kier alpha value is -2.38. The fourth-order valence-electron chi connectivity index (χ4n) is 2.93. The second-order valence-electron chi connectivity index (χ2n) is 5.80. The highest BCUT2D eigenvalue weighted by Crippen LogP contribution is 2.26. The Kier molecular flexibility index (Phi) is 4.82. The minimum absolute atomic E-state index is 0.301. The van der Waals surface area contributed by atoms with Crippen molar-refractivity contribution in [3.63, 3.8) is 0 Å². The Morgan fingerprint density at radius 3 is 2.71 bits per heavy atom. The molecule has 1 aromatic carbocycles. The predicted octanol–water partition coefficient (Wildman–Crippen LogP) is 3.24. The number of amides is 1. The van der Waals surface area contributed by atoms with Crippen LogP contribution in [0.5, 0.6) is 0 Å². The van der Waals surface area contributed by atoms with E-state index in [0.717, 1.165) is 18.9 Å². The van der Waals surface area contributed by atoms with Gasteiger partial charge in [0.25, 0.3) is 12.3 Å². The molecule has 1 aromatic heterocycles. The van der Waals surface area contributed by atoms with Gasteiger partial charge in [0.05, 0.1) is 11.1 Å². The van der Waals surface area contributed by atoms with Crippen LogP contribution < -0.4 is 0 Å². The Bertz CT molecular complexity index is 699. The molecule has 1 fully saturated rings. The van der Waals surface area contributed by atoms with E-state index in [0.29, 0.717) is 31.3 Å². The van der Waals surface area contributed by atoms with Crippen molar-refractivity contribution in [2.45, 2.75) is 25.7 Å². The van der Waals surface area contributed by atoms with Crippen LogP contribution in [0.4, 0.5) is 13.2 Å². The van der Waals surface area contributed by atoms with Crippen molar-refractivity contribution in [1.82, 2.24) is 15.0 Å². The molecule has 1 aliphatic rings. The van der Waals surface area contributed by atoms with Crippen LogP contribution in [0.15, 0.2) is 29.1 Å². The first-order valence-corrected chi connectivity index (χ1v) is 7.67. The molecule has 0 N–H and O–H groups in total. The fourth-order valence-corrected chi connectivity index (χ4v) is 2.93. The minimum atomic E-state index is -2.95. The van der Waals surface area contributed by atoms with Gasteiger partial charge in [-0.2, -0.15) is 4.98 Å². The highest BCUT2D eigenvalue weighted by atomic mass is 19.3. The number of rotatable bonds is 4. The number of hydrogen-bond acceptors (Lipinski definition) is 4. The van der Waals surface area contributed by atoms with E-state index in [-0.39, 0.29) is 5.56 Å². The lowest BCUT2D eigenvalue weighted by molar-refractivity contribution is 0.0683. The van der Waals surface area contributed by atoms with Crippen LogP contribution in [-0.4, -0.2) is 34.0 Å². The van der Waals surface area contributed by atoms with Crippen LogP contribution in [0.2, 0.25) is 0 Å². The number of alkyl halides is 2. The van der Waals surface area contributed by atoms with Gasteiger partial charge in [0.1, 0.15) is 5.82 Å². The number of aromatic nitrogens is 2. The summed E-state index contributed by atoms with van der Waals surface area (Å²) in [5.41, 5.74) is -1.04. The van der Waals surface area contributed by atoms with Gasteiger partial charge < -0.3 is 9.42 Å². The monoisotopic (exact) mass is 339 g/mol. The van der Waals surface area contributed by atoms with Crippen molar-refractivity contribution in [3.8, 4) is 0 Å². The van der Waals surface area contributed by atoms with Crippen LogP contribution in [-0.2, 0) is 6.42 Å². The molecule has 0 spiro atoms. The third-order valence-corrected chi connectivity index (χ3v) is 4.27. The van der Waals surface area contributed by atoms with Gasteiger partial charge in [0.15, 0.2) is 5.82 Å². The van der Waals surface area contributed by atoms with Gasteiger partial charge in [-0.1, -0.05) is 17.3 Å². The molecular weight excluding hydrogens is 323 g/mol. The van der Waals surface area contributed by atoms with Gasteiger partial charge in [0, 0.05) is 19.5 Å². The number of likely N-dealkylation sites (tertiary alicyclic amines) is 1. The van der Waals surface area contributed by atoms with E-state index in [9.17, 15) is 18.0 Å². The highest BCUT2D eigenvalue weighted by Gasteiger charge is 2.27. The van der Waals surface area contributed by atoms with Gasteiger partial charge in [-0.3, -0.25) is 4.79 Å². The Morgan fingerprint density at radius 2 is 2.08 bits per heavy atom. The molecule has 0 aliphatic carbocycles. The van der Waals surface area contributed by atoms with Crippen molar-refractivity contribution < 1.29 is 22.5 Å². The van der Waals surface area contributed by atoms with E-state index in [2.05, 4.69) is 14.7 Å². The van der Waals surface area contributed by atoms with Crippen LogP contribution in [0.3, 0.4) is 0 Å². The molecule has 1 saturated heterocycles. The van der Waals surface area contributed by atoms with Gasteiger partial charge in [-0.05, 0) is 24.8 Å². The molecule has 24 heavy (non-hydrogen) atoms. The summed E-state index contributed by atoms with van der Waals surface area (Å²) in [6.45, 7) is 0.888. The Balaban J connectivity index is 1.64. The normalized spacial score (nSPS) is 15.9. The molecule has 8 heteroatoms. The molecule has 2 heterocycles. The van der Waals surface area contributed by atoms with Gasteiger partial charge in [-0.25, -0.2) is 13.2 Å². The van der Waals surface area contributed by atoms with Gasteiger partial charge in [0.2, 0.25) is 6.39 Å². The molecule has 1 aliphatic heterocycles. The first kappa shape index (κ1) is 16.5. The van der Waals surface area contributed by atoms with E-state index in [1.807, 2.05) is 0 Å². The van der Waals surface area contributed by atoms with E-state index in [1.54, 1.807) is 0 Å². The maximum absolute atomic E-state index is 14.1. The standard InChI is InChI=1S/C16H16F3N3O2/c17-14-11(15(18)19)2-1-3-12(14)16(23)22-6-4-10(5-7-22)8-13-20-9-24-21-13/h1-3,9-10,15H,4-8H2. The zero-order chi connectivity index (χ0) is 17.1. The topological polar surface area (TPSA) is 59.2 Å². The quantitative estimate of drug-likeness (QED) is 0.858. The number of hydrogen-bond donors (Lipinski definition) is 0. The summed E-state index contributed by atoms with van der Waals surface area (Å²) in [6, 6.07) is 3.52. The van der Waals surface area contributed by atoms with E-state index >= 15 is 0 Å². The van der Waals surface area contributed by atoms with Crippen molar-refractivity contribution in [3.05, 3.63) is 47.4 Å². The minimum Gasteiger partial charge on any atom is -0.343 e. The first-order valence-electron chi connectivity index (χ1n) is 7.67. The summed E-state index contributed by atoms with van der Waals surface area (Å²) in [7, 11) is 0. The lowest BCUT2D eigenvalue weighted by Crippen LogP contribution is -2.39. The lowest BCUT2D eigenvalue weighted by atomic mass is 9.93. The highest BCUT2D eigenvalue weighted by molar-refractivity contribution is 5.94. The summed E-state index contributed by atoms with van der Waals surface area (Å²) < 4.78 is 44.3. The van der Waals surface area contributed by atoms with Crippen molar-refractivity contribution in [2.24, 2.45) is 5.92 Å². The number of piperidine rings is 1. The first-order chi connectivity index (χ1) is 11.6. The number of nitrogens with zero attached hydrogens (tertiary/aromatic N) is 3. The largest absolute Gasteiger partial charge is 0.343 e. The molecule has 0 saturated carbocycles. The molecular formula is C16H16F3N3O2. The fraction of sp³-hybridized carbons (Fsp3) is 0.438. The van der Waals surface area contributed by atoms with E-state index in [4.69, 9.17) is 0 Å². The maximum atomic E-state index is 14.1. The van der Waals surface area contributed by atoms with Crippen LogP contribution in [0.1, 0.15) is 41.0 Å². The number of halogens is 3. The number of carbonyl (C=O) groups is 1. The lowest BCUT2D eigenvalue weighted by Gasteiger charge is -2.31. The van der Waals surface area contributed by atoms with Crippen LogP contribution in [0, 0.1) is 11.7 Å². The van der Waals surface area contributed by atoms with Crippen LogP contribution >= 0.6 is 0 Å². The molecule has 0 radical (unpaired) electrons. The predicted molar refractivity (Wildman–Crippen MR) is 78.0 cm³/mol. The van der Waals surface area contributed by atoms with E-state index < -0.39 is 23.7 Å². The maximum Gasteiger partial charge on any atom is 0.266 e.